The van der Waals surface area contributed by atoms with E-state index < -0.39 is 0 Å². The van der Waals surface area contributed by atoms with Gasteiger partial charge in [-0.3, -0.25) is 9.36 Å². The number of nitrogens with zero attached hydrogens (tertiary/aromatic N) is 12. The number of hydrogen-bond acceptors (Lipinski definition) is 14. The maximum atomic E-state index is 14.1. The van der Waals surface area contributed by atoms with E-state index in [4.69, 9.17) is 20.5 Å². The predicted molar refractivity (Wildman–Crippen MR) is 185 cm³/mol. The van der Waals surface area contributed by atoms with Crippen molar-refractivity contribution >= 4 is 22.7 Å². The number of halogens is 2. The second kappa shape index (κ2) is 13.9. The summed E-state index contributed by atoms with van der Waals surface area (Å²) in [5, 5.41) is 27.3. The van der Waals surface area contributed by atoms with E-state index in [0.717, 1.165) is 0 Å². The molecule has 0 aliphatic rings. The van der Waals surface area contributed by atoms with Gasteiger partial charge in [0, 0.05) is 23.3 Å². The Morgan fingerprint density at radius 2 is 1.19 bits per heavy atom. The van der Waals surface area contributed by atoms with Crippen LogP contribution in [0, 0.1) is 11.6 Å². The average Bonchev–Trinajstić information content (AvgIpc) is 4.02. The molecule has 262 valence electrons. The smallest absolute Gasteiger partial charge is 0.205 e. The van der Waals surface area contributed by atoms with Crippen LogP contribution < -0.4 is 11.5 Å². The van der Waals surface area contributed by atoms with Crippen LogP contribution >= 0.6 is 0 Å². The van der Waals surface area contributed by atoms with Gasteiger partial charge < -0.3 is 20.5 Å². The highest BCUT2D eigenvalue weighted by molar-refractivity contribution is 5.71. The van der Waals surface area contributed by atoms with Gasteiger partial charge in [0.25, 0.3) is 0 Å². The Balaban J connectivity index is 0.000000151. The second-order valence-corrected chi connectivity index (χ2v) is 11.4. The third-order valence-corrected chi connectivity index (χ3v) is 7.90. The molecule has 9 aromatic rings. The molecule has 0 fully saturated rings. The number of aromatic nitrogens is 13. The van der Waals surface area contributed by atoms with Gasteiger partial charge in [-0.25, -0.2) is 28.7 Å². The van der Waals surface area contributed by atoms with E-state index in [2.05, 4.69) is 55.9 Å². The molecule has 53 heavy (non-hydrogen) atoms. The van der Waals surface area contributed by atoms with Gasteiger partial charge in [-0.1, -0.05) is 46.7 Å². The number of hydrogen-bond donors (Lipinski definition) is 3. The second-order valence-electron chi connectivity index (χ2n) is 11.4. The molecular formula is C34H25F2N15O2. The molecule has 0 amide bonds. The molecule has 2 aromatic carbocycles. The Hall–Kier alpha value is -7.70. The Bertz CT molecular complexity index is 2650. The minimum atomic E-state index is -0.316. The molecule has 7 aromatic heterocycles. The van der Waals surface area contributed by atoms with Gasteiger partial charge in [0.1, 0.15) is 52.5 Å². The highest BCUT2D eigenvalue weighted by Gasteiger charge is 2.19. The third-order valence-electron chi connectivity index (χ3n) is 7.90. The highest BCUT2D eigenvalue weighted by Crippen LogP contribution is 2.27. The Labute approximate surface area is 296 Å². The molecule has 9 rings (SSSR count). The van der Waals surface area contributed by atoms with E-state index >= 15 is 0 Å². The van der Waals surface area contributed by atoms with Gasteiger partial charge in [-0.2, -0.15) is 20.5 Å². The van der Waals surface area contributed by atoms with Crippen molar-refractivity contribution in [1.29, 1.82) is 0 Å². The minimum Gasteiger partial charge on any atom is -0.394 e. The lowest BCUT2D eigenvalue weighted by molar-refractivity contribution is 0.421. The lowest BCUT2D eigenvalue weighted by Crippen LogP contribution is -2.06. The molecule has 17 nitrogen and oxygen atoms in total. The van der Waals surface area contributed by atoms with Gasteiger partial charge in [-0.15, -0.1) is 5.10 Å². The zero-order chi connectivity index (χ0) is 36.3. The Kier molecular flexibility index (Phi) is 8.52. The van der Waals surface area contributed by atoms with Gasteiger partial charge >= 0.3 is 0 Å². The summed E-state index contributed by atoms with van der Waals surface area (Å²) in [6.45, 7) is 0.431. The van der Waals surface area contributed by atoms with E-state index in [0.29, 0.717) is 68.1 Å². The fourth-order valence-electron chi connectivity index (χ4n) is 5.28. The monoisotopic (exact) mass is 713 g/mol. The molecule has 0 aliphatic heterocycles. The summed E-state index contributed by atoms with van der Waals surface area (Å²) >= 11 is 0. The van der Waals surface area contributed by atoms with Crippen LogP contribution in [0.15, 0.2) is 107 Å². The summed E-state index contributed by atoms with van der Waals surface area (Å²) in [7, 11) is 0. The average molecular weight is 714 g/mol. The summed E-state index contributed by atoms with van der Waals surface area (Å²) in [4.78, 5) is 16.9. The van der Waals surface area contributed by atoms with Crippen molar-refractivity contribution in [2.45, 2.75) is 13.1 Å². The number of rotatable bonds is 8. The van der Waals surface area contributed by atoms with Crippen LogP contribution in [-0.4, -0.2) is 65.2 Å². The third kappa shape index (κ3) is 6.76. The fourth-order valence-corrected chi connectivity index (χ4v) is 5.28. The van der Waals surface area contributed by atoms with Crippen LogP contribution in [0.2, 0.25) is 0 Å². The number of fused-ring (bicyclic) bond motifs is 1. The zero-order valence-corrected chi connectivity index (χ0v) is 27.2. The lowest BCUT2D eigenvalue weighted by atomic mass is 10.2. The first-order valence-corrected chi connectivity index (χ1v) is 15.8. The molecule has 0 saturated carbocycles. The van der Waals surface area contributed by atoms with Crippen molar-refractivity contribution in [1.82, 2.24) is 65.2 Å². The first-order valence-electron chi connectivity index (χ1n) is 15.8. The van der Waals surface area contributed by atoms with Gasteiger partial charge in [-0.05, 0) is 24.3 Å². The van der Waals surface area contributed by atoms with Crippen LogP contribution in [0.1, 0.15) is 11.1 Å². The van der Waals surface area contributed by atoms with E-state index in [1.807, 2.05) is 0 Å². The topological polar surface area (TPSA) is 233 Å². The molecule has 0 bridgehead atoms. The lowest BCUT2D eigenvalue weighted by Gasteiger charge is -2.06. The number of nitrogens with two attached hydrogens (primary N) is 2. The summed E-state index contributed by atoms with van der Waals surface area (Å²) in [5.74, 6) is 0.244. The first-order chi connectivity index (χ1) is 25.9. The Morgan fingerprint density at radius 1 is 0.642 bits per heavy atom. The highest BCUT2D eigenvalue weighted by atomic mass is 19.1. The number of aromatic amines is 1. The van der Waals surface area contributed by atoms with Crippen molar-refractivity contribution in [3.05, 3.63) is 120 Å². The molecule has 0 atom stereocenters. The SMILES string of the molecule is Fc1ccccc1Cn1nc(-c2ncc3n[nH]nc3n2)cc1-c1ccon1.Nc1cnc(-c2cc(-c3ccon3)n(Cc3ccccc3F)n2)nc1N. The minimum absolute atomic E-state index is 0.168. The van der Waals surface area contributed by atoms with Crippen molar-refractivity contribution < 1.29 is 17.8 Å². The molecule has 0 spiro atoms. The van der Waals surface area contributed by atoms with Crippen molar-refractivity contribution in [2.75, 3.05) is 11.5 Å². The molecule has 0 saturated heterocycles. The zero-order valence-electron chi connectivity index (χ0n) is 27.2. The van der Waals surface area contributed by atoms with Crippen LogP contribution in [0.5, 0.6) is 0 Å². The van der Waals surface area contributed by atoms with Crippen LogP contribution in [-0.2, 0) is 13.1 Å². The van der Waals surface area contributed by atoms with E-state index in [1.165, 1.54) is 30.9 Å². The molecule has 5 N–H and O–H groups in total. The molecular weight excluding hydrogens is 688 g/mol. The van der Waals surface area contributed by atoms with Crippen LogP contribution in [0.25, 0.3) is 57.0 Å². The standard InChI is InChI=1S/C17H11FN8O.C17H14FN7O/c18-11-4-2-1-3-10(11)9-26-15(12-5-6-27-24-12)7-13(23-26)16-19-8-14-17(20-16)22-25-21-14;18-11-4-2-1-3-10(11)9-25-15(13-5-6-26-24-13)7-14(23-25)17-21-8-12(19)16(20)22-17/h1-8H,9H2,(H,19,20,21,22,25);1-8H,9,19H2,(H2,20,21,22). The van der Waals surface area contributed by atoms with Crippen molar-refractivity contribution in [3.8, 4) is 45.8 Å². The largest absolute Gasteiger partial charge is 0.394 e. The summed E-state index contributed by atoms with van der Waals surface area (Å²) in [6, 6.07) is 20.0. The molecule has 0 unspecified atom stereocenters. The summed E-state index contributed by atoms with van der Waals surface area (Å²) in [6.07, 6.45) is 5.90. The van der Waals surface area contributed by atoms with E-state index in [9.17, 15) is 8.78 Å². The molecule has 19 heteroatoms. The van der Waals surface area contributed by atoms with Crippen molar-refractivity contribution in [2.24, 2.45) is 0 Å². The predicted octanol–water partition coefficient (Wildman–Crippen LogP) is 4.80. The maximum absolute atomic E-state index is 14.1. The van der Waals surface area contributed by atoms with Crippen LogP contribution in [0.4, 0.5) is 20.3 Å². The van der Waals surface area contributed by atoms with Gasteiger partial charge in [0.05, 0.1) is 42.6 Å². The summed E-state index contributed by atoms with van der Waals surface area (Å²) in [5.41, 5.74) is 17.1. The van der Waals surface area contributed by atoms with Gasteiger partial charge in [0.15, 0.2) is 17.5 Å². The molecule has 0 radical (unpaired) electrons. The quantitative estimate of drug-likeness (QED) is 0.192. The molecule has 0 aliphatic carbocycles. The van der Waals surface area contributed by atoms with Crippen molar-refractivity contribution in [3.63, 3.8) is 0 Å². The van der Waals surface area contributed by atoms with E-state index in [1.54, 1.807) is 76.2 Å². The molecule has 7 heterocycles. The Morgan fingerprint density at radius 3 is 1.72 bits per heavy atom. The normalized spacial score (nSPS) is 11.1. The number of H-pyrrole nitrogens is 1. The number of nitrogens with one attached hydrogen (secondary N) is 1. The van der Waals surface area contributed by atoms with Crippen LogP contribution in [0.3, 0.4) is 0 Å². The van der Waals surface area contributed by atoms with E-state index in [-0.39, 0.29) is 36.2 Å². The van der Waals surface area contributed by atoms with Gasteiger partial charge in [0.2, 0.25) is 5.65 Å². The number of nitrogen functional groups attached to an aromatic ring is 2. The number of anilines is 2. The number of benzene rings is 2. The maximum Gasteiger partial charge on any atom is 0.205 e. The summed E-state index contributed by atoms with van der Waals surface area (Å²) < 4.78 is 41.3. The fraction of sp³-hybridized carbons (Fsp3) is 0.0588. The first kappa shape index (κ1) is 32.5.